The zero-order chi connectivity index (χ0) is 13.6. The maximum Gasteiger partial charge on any atom is 0.218 e. The van der Waals surface area contributed by atoms with Crippen LogP contribution < -0.4 is 11.5 Å². The standard InChI is InChI=1S/C14H29N3O/c1-3-12-5-8-14(11-15,9-6-12)17(4-2)10-7-13(16)18/h12H,3-11,15H2,1-2H3,(H2,16,18). The van der Waals surface area contributed by atoms with Gasteiger partial charge in [-0.05, 0) is 38.1 Å². The SMILES string of the molecule is CCC1CCC(CN)(N(CC)CCC(N)=O)CC1. The fourth-order valence-electron chi connectivity index (χ4n) is 3.25. The number of carbonyl (C=O) groups is 1. The van der Waals surface area contributed by atoms with Crippen LogP contribution >= 0.6 is 0 Å². The summed E-state index contributed by atoms with van der Waals surface area (Å²) in [5.74, 6) is 0.641. The van der Waals surface area contributed by atoms with E-state index >= 15 is 0 Å². The maximum atomic E-state index is 11.0. The van der Waals surface area contributed by atoms with Gasteiger partial charge in [0, 0.05) is 25.0 Å². The van der Waals surface area contributed by atoms with Crippen LogP contribution in [0.4, 0.5) is 0 Å². The first-order chi connectivity index (χ1) is 8.57. The lowest BCUT2D eigenvalue weighted by Gasteiger charge is -2.47. The fraction of sp³-hybridized carbons (Fsp3) is 0.929. The summed E-state index contributed by atoms with van der Waals surface area (Å²) in [5.41, 5.74) is 11.4. The minimum Gasteiger partial charge on any atom is -0.370 e. The molecular weight excluding hydrogens is 226 g/mol. The zero-order valence-electron chi connectivity index (χ0n) is 12.0. The second-order valence-electron chi connectivity index (χ2n) is 5.58. The molecule has 0 aromatic carbocycles. The molecule has 0 spiro atoms. The molecule has 1 saturated carbocycles. The number of primary amides is 1. The highest BCUT2D eigenvalue weighted by molar-refractivity contribution is 5.73. The van der Waals surface area contributed by atoms with Crippen LogP contribution in [-0.2, 0) is 4.79 Å². The Balaban J connectivity index is 2.64. The van der Waals surface area contributed by atoms with Crippen molar-refractivity contribution in [1.82, 2.24) is 4.90 Å². The fourth-order valence-corrected chi connectivity index (χ4v) is 3.25. The number of nitrogens with zero attached hydrogens (tertiary/aromatic N) is 1. The molecule has 0 aliphatic heterocycles. The molecule has 0 heterocycles. The van der Waals surface area contributed by atoms with E-state index in [9.17, 15) is 4.79 Å². The molecule has 4 heteroatoms. The number of hydrogen-bond acceptors (Lipinski definition) is 3. The van der Waals surface area contributed by atoms with Crippen molar-refractivity contribution in [3.05, 3.63) is 0 Å². The van der Waals surface area contributed by atoms with Crippen molar-refractivity contribution in [3.8, 4) is 0 Å². The Morgan fingerprint density at radius 3 is 2.33 bits per heavy atom. The van der Waals surface area contributed by atoms with Crippen molar-refractivity contribution < 1.29 is 4.79 Å². The van der Waals surface area contributed by atoms with Crippen LogP contribution in [0.3, 0.4) is 0 Å². The lowest BCUT2D eigenvalue weighted by Crippen LogP contribution is -2.56. The largest absolute Gasteiger partial charge is 0.370 e. The predicted octanol–water partition coefficient (Wildman–Crippen LogP) is 1.48. The Hall–Kier alpha value is -0.610. The number of hydrogen-bond donors (Lipinski definition) is 2. The van der Waals surface area contributed by atoms with Crippen LogP contribution in [0.15, 0.2) is 0 Å². The summed E-state index contributed by atoms with van der Waals surface area (Å²) in [6, 6.07) is 0. The molecule has 1 fully saturated rings. The maximum absolute atomic E-state index is 11.0. The summed E-state index contributed by atoms with van der Waals surface area (Å²) in [6.07, 6.45) is 6.56. The second kappa shape index (κ2) is 7.10. The Morgan fingerprint density at radius 1 is 1.33 bits per heavy atom. The van der Waals surface area contributed by atoms with E-state index < -0.39 is 0 Å². The van der Waals surface area contributed by atoms with Crippen LogP contribution in [0.2, 0.25) is 0 Å². The molecule has 18 heavy (non-hydrogen) atoms. The van der Waals surface area contributed by atoms with Gasteiger partial charge in [0.1, 0.15) is 0 Å². The molecule has 0 unspecified atom stereocenters. The van der Waals surface area contributed by atoms with Gasteiger partial charge in [-0.25, -0.2) is 0 Å². The van der Waals surface area contributed by atoms with Crippen LogP contribution in [0.5, 0.6) is 0 Å². The Bertz CT molecular complexity index is 260. The highest BCUT2D eigenvalue weighted by atomic mass is 16.1. The Morgan fingerprint density at radius 2 is 1.94 bits per heavy atom. The summed E-state index contributed by atoms with van der Waals surface area (Å²) in [4.78, 5) is 13.3. The van der Waals surface area contributed by atoms with Gasteiger partial charge in [0.25, 0.3) is 0 Å². The number of amides is 1. The summed E-state index contributed by atoms with van der Waals surface area (Å²) in [6.45, 7) is 6.80. The van der Waals surface area contributed by atoms with E-state index in [-0.39, 0.29) is 11.4 Å². The molecule has 1 aliphatic rings. The van der Waals surface area contributed by atoms with Gasteiger partial charge in [0.2, 0.25) is 5.91 Å². The molecule has 0 aromatic rings. The summed E-state index contributed by atoms with van der Waals surface area (Å²) in [7, 11) is 0. The lowest BCUT2D eigenvalue weighted by molar-refractivity contribution is -0.118. The van der Waals surface area contributed by atoms with Gasteiger partial charge < -0.3 is 11.5 Å². The Labute approximate surface area is 111 Å². The monoisotopic (exact) mass is 255 g/mol. The van der Waals surface area contributed by atoms with E-state index in [2.05, 4.69) is 18.7 Å². The number of likely N-dealkylation sites (N-methyl/N-ethyl adjacent to an activating group) is 1. The van der Waals surface area contributed by atoms with Crippen LogP contribution in [0, 0.1) is 5.92 Å². The van der Waals surface area contributed by atoms with E-state index in [0.717, 1.165) is 31.8 Å². The molecule has 1 aliphatic carbocycles. The normalized spacial score (nSPS) is 28.6. The third-order valence-electron chi connectivity index (χ3n) is 4.67. The minimum atomic E-state index is -0.220. The van der Waals surface area contributed by atoms with Crippen LogP contribution in [0.25, 0.3) is 0 Å². The first-order valence-electron chi connectivity index (χ1n) is 7.31. The molecule has 1 amide bonds. The van der Waals surface area contributed by atoms with E-state index in [4.69, 9.17) is 11.5 Å². The first-order valence-corrected chi connectivity index (χ1v) is 7.31. The van der Waals surface area contributed by atoms with Gasteiger partial charge in [-0.3, -0.25) is 9.69 Å². The zero-order valence-corrected chi connectivity index (χ0v) is 12.0. The van der Waals surface area contributed by atoms with Crippen molar-refractivity contribution >= 4 is 5.91 Å². The minimum absolute atomic E-state index is 0.107. The molecule has 0 aromatic heterocycles. The molecule has 0 radical (unpaired) electrons. The molecular formula is C14H29N3O. The predicted molar refractivity (Wildman–Crippen MR) is 75.1 cm³/mol. The molecule has 106 valence electrons. The van der Waals surface area contributed by atoms with E-state index in [0.29, 0.717) is 13.0 Å². The summed E-state index contributed by atoms with van der Waals surface area (Å²) < 4.78 is 0. The van der Waals surface area contributed by atoms with Crippen LogP contribution in [-0.4, -0.2) is 36.0 Å². The second-order valence-corrected chi connectivity index (χ2v) is 5.58. The molecule has 0 atom stereocenters. The lowest BCUT2D eigenvalue weighted by atomic mass is 9.74. The van der Waals surface area contributed by atoms with Crippen LogP contribution in [0.1, 0.15) is 52.4 Å². The van der Waals surface area contributed by atoms with Gasteiger partial charge in [-0.15, -0.1) is 0 Å². The molecule has 1 rings (SSSR count). The summed E-state index contributed by atoms with van der Waals surface area (Å²) in [5, 5.41) is 0. The topological polar surface area (TPSA) is 72.3 Å². The molecule has 4 N–H and O–H groups in total. The molecule has 0 saturated heterocycles. The average Bonchev–Trinajstić information content (AvgIpc) is 2.39. The van der Waals surface area contributed by atoms with Gasteiger partial charge in [0.05, 0.1) is 0 Å². The third-order valence-corrected chi connectivity index (χ3v) is 4.67. The van der Waals surface area contributed by atoms with E-state index in [1.165, 1.54) is 19.3 Å². The first kappa shape index (κ1) is 15.4. The van der Waals surface area contributed by atoms with Crippen molar-refractivity contribution in [1.29, 1.82) is 0 Å². The van der Waals surface area contributed by atoms with Crippen molar-refractivity contribution in [2.45, 2.75) is 57.9 Å². The van der Waals surface area contributed by atoms with Crippen molar-refractivity contribution in [2.24, 2.45) is 17.4 Å². The molecule has 4 nitrogen and oxygen atoms in total. The van der Waals surface area contributed by atoms with Crippen molar-refractivity contribution in [3.63, 3.8) is 0 Å². The number of rotatable bonds is 7. The Kier molecular flexibility index (Phi) is 6.09. The molecule has 0 bridgehead atoms. The van der Waals surface area contributed by atoms with Gasteiger partial charge in [-0.2, -0.15) is 0 Å². The van der Waals surface area contributed by atoms with E-state index in [1.54, 1.807) is 0 Å². The summed E-state index contributed by atoms with van der Waals surface area (Å²) >= 11 is 0. The highest BCUT2D eigenvalue weighted by Gasteiger charge is 2.38. The van der Waals surface area contributed by atoms with Gasteiger partial charge in [-0.1, -0.05) is 20.3 Å². The van der Waals surface area contributed by atoms with Gasteiger partial charge >= 0.3 is 0 Å². The third kappa shape index (κ3) is 3.69. The quantitative estimate of drug-likeness (QED) is 0.724. The van der Waals surface area contributed by atoms with Gasteiger partial charge in [0.15, 0.2) is 0 Å². The average molecular weight is 255 g/mol. The van der Waals surface area contributed by atoms with Crippen molar-refractivity contribution in [2.75, 3.05) is 19.6 Å². The number of nitrogens with two attached hydrogens (primary N) is 2. The van der Waals surface area contributed by atoms with E-state index in [1.807, 2.05) is 0 Å². The smallest absolute Gasteiger partial charge is 0.218 e. The highest BCUT2D eigenvalue weighted by Crippen LogP contribution is 2.37. The number of carbonyl (C=O) groups excluding carboxylic acids is 1.